The van der Waals surface area contributed by atoms with Gasteiger partial charge in [-0.05, 0) is 12.1 Å². The highest BCUT2D eigenvalue weighted by Gasteiger charge is 2.21. The molecule has 1 N–H and O–H groups in total. The summed E-state index contributed by atoms with van der Waals surface area (Å²) in [5.41, 5.74) is -0.410. The van der Waals surface area contributed by atoms with Crippen LogP contribution in [-0.4, -0.2) is 29.2 Å². The van der Waals surface area contributed by atoms with Gasteiger partial charge in [-0.1, -0.05) is 29.3 Å². The number of hydrogen-bond donors (Lipinski definition) is 1. The van der Waals surface area contributed by atoms with Crippen molar-refractivity contribution >= 4 is 56.7 Å². The molecule has 0 radical (unpaired) electrons. The van der Waals surface area contributed by atoms with Crippen LogP contribution in [0.3, 0.4) is 0 Å². The lowest BCUT2D eigenvalue weighted by Crippen LogP contribution is -2.38. The number of nitrogens with zero attached hydrogens (tertiary/aromatic N) is 5. The number of carbonyl (C=O) groups is 1. The number of hydrogen-bond acceptors (Lipinski definition) is 6. The highest BCUT2D eigenvalue weighted by Crippen LogP contribution is 2.30. The average molecular weight is 495 g/mol. The lowest BCUT2D eigenvalue weighted by atomic mass is 10.2. The van der Waals surface area contributed by atoms with Gasteiger partial charge in [-0.25, -0.2) is 14.6 Å². The Morgan fingerprint density at radius 2 is 1.72 bits per heavy atom. The van der Waals surface area contributed by atoms with Crippen molar-refractivity contribution in [2.24, 2.45) is 21.1 Å². The van der Waals surface area contributed by atoms with E-state index >= 15 is 0 Å². The van der Waals surface area contributed by atoms with E-state index in [0.717, 1.165) is 19.3 Å². The summed E-state index contributed by atoms with van der Waals surface area (Å²) in [7, 11) is 4.20. The maximum Gasteiger partial charge on any atom is 0.332 e. The largest absolute Gasteiger partial charge is 0.332 e. The molecule has 3 heterocycles. The van der Waals surface area contributed by atoms with Gasteiger partial charge in [-0.2, -0.15) is 0 Å². The molecule has 4 aromatic rings. The van der Waals surface area contributed by atoms with Crippen LogP contribution < -0.4 is 22.3 Å². The molecular formula is C19H16Cl2N6O4S. The fraction of sp³-hybridized carbons (Fsp3) is 0.211. The van der Waals surface area contributed by atoms with E-state index in [1.165, 1.54) is 37.0 Å². The van der Waals surface area contributed by atoms with Crippen molar-refractivity contribution in [1.82, 2.24) is 23.3 Å². The van der Waals surface area contributed by atoms with Crippen molar-refractivity contribution in [2.45, 2.75) is 6.54 Å². The molecule has 1 aromatic carbocycles. The third-order valence-electron chi connectivity index (χ3n) is 4.98. The number of anilines is 1. The van der Waals surface area contributed by atoms with Gasteiger partial charge in [0.2, 0.25) is 5.91 Å². The van der Waals surface area contributed by atoms with Crippen LogP contribution in [0, 0.1) is 0 Å². The van der Waals surface area contributed by atoms with Crippen molar-refractivity contribution in [3.63, 3.8) is 0 Å². The number of thiazole rings is 1. The SMILES string of the molecule is Cn1c(=O)c2c(n(C)c1=O)n(C)c(=O)n2CC(=O)Nc1nc(-c2ccc(Cl)c(Cl)c2)cs1. The predicted molar refractivity (Wildman–Crippen MR) is 124 cm³/mol. The summed E-state index contributed by atoms with van der Waals surface area (Å²) < 4.78 is 4.29. The lowest BCUT2D eigenvalue weighted by molar-refractivity contribution is -0.116. The van der Waals surface area contributed by atoms with Crippen molar-refractivity contribution < 1.29 is 4.79 Å². The second-order valence-corrected chi connectivity index (χ2v) is 8.69. The number of nitrogens with one attached hydrogen (secondary N) is 1. The Labute approximate surface area is 193 Å². The van der Waals surface area contributed by atoms with Crippen molar-refractivity contribution in [3.05, 3.63) is 64.9 Å². The van der Waals surface area contributed by atoms with E-state index in [1.54, 1.807) is 23.6 Å². The maximum atomic E-state index is 12.7. The van der Waals surface area contributed by atoms with E-state index in [-0.39, 0.29) is 11.2 Å². The number of imidazole rings is 1. The van der Waals surface area contributed by atoms with Crippen LogP contribution in [0.4, 0.5) is 5.13 Å². The van der Waals surface area contributed by atoms with Crippen LogP contribution in [0.15, 0.2) is 38.0 Å². The van der Waals surface area contributed by atoms with Crippen LogP contribution in [0.1, 0.15) is 0 Å². The normalized spacial score (nSPS) is 11.3. The first-order chi connectivity index (χ1) is 15.1. The number of aromatic nitrogens is 5. The molecule has 10 nitrogen and oxygen atoms in total. The van der Waals surface area contributed by atoms with Gasteiger partial charge in [0.15, 0.2) is 16.3 Å². The summed E-state index contributed by atoms with van der Waals surface area (Å²) in [5.74, 6) is -0.550. The summed E-state index contributed by atoms with van der Waals surface area (Å²) in [4.78, 5) is 54.6. The minimum Gasteiger partial charge on any atom is -0.300 e. The molecule has 0 unspecified atom stereocenters. The Morgan fingerprint density at radius 1 is 1.03 bits per heavy atom. The number of carbonyl (C=O) groups excluding carboxylic acids is 1. The van der Waals surface area contributed by atoms with E-state index < -0.39 is 29.4 Å². The van der Waals surface area contributed by atoms with Crippen molar-refractivity contribution in [2.75, 3.05) is 5.32 Å². The first kappa shape index (κ1) is 22.1. The van der Waals surface area contributed by atoms with Crippen molar-refractivity contribution in [3.8, 4) is 11.3 Å². The summed E-state index contributed by atoms with van der Waals surface area (Å²) in [5, 5.41) is 5.48. The summed E-state index contributed by atoms with van der Waals surface area (Å²) in [6.45, 7) is -0.425. The average Bonchev–Trinajstić information content (AvgIpc) is 3.31. The Kier molecular flexibility index (Phi) is 5.57. The van der Waals surface area contributed by atoms with E-state index in [0.29, 0.717) is 20.9 Å². The predicted octanol–water partition coefficient (Wildman–Crippen LogP) is 1.81. The zero-order chi connectivity index (χ0) is 23.3. The minimum absolute atomic E-state index is 0.0344. The molecule has 4 rings (SSSR count). The molecule has 166 valence electrons. The number of benzene rings is 1. The Balaban J connectivity index is 1.65. The highest BCUT2D eigenvalue weighted by atomic mass is 35.5. The fourth-order valence-electron chi connectivity index (χ4n) is 3.37. The fourth-order valence-corrected chi connectivity index (χ4v) is 4.41. The van der Waals surface area contributed by atoms with Gasteiger partial charge < -0.3 is 5.32 Å². The van der Waals surface area contributed by atoms with Crippen LogP contribution in [-0.2, 0) is 32.5 Å². The van der Waals surface area contributed by atoms with Crippen LogP contribution >= 0.6 is 34.5 Å². The van der Waals surface area contributed by atoms with Gasteiger partial charge in [-0.15, -0.1) is 11.3 Å². The first-order valence-electron chi connectivity index (χ1n) is 9.16. The van der Waals surface area contributed by atoms with E-state index in [4.69, 9.17) is 23.2 Å². The second-order valence-electron chi connectivity index (χ2n) is 7.02. The monoisotopic (exact) mass is 494 g/mol. The quantitative estimate of drug-likeness (QED) is 0.464. The molecule has 32 heavy (non-hydrogen) atoms. The Bertz CT molecular complexity index is 1580. The third kappa shape index (κ3) is 3.57. The molecule has 1 amide bonds. The summed E-state index contributed by atoms with van der Waals surface area (Å²) in [6.07, 6.45) is 0. The first-order valence-corrected chi connectivity index (χ1v) is 10.8. The van der Waals surface area contributed by atoms with Crippen LogP contribution in [0.25, 0.3) is 22.4 Å². The van der Waals surface area contributed by atoms with Crippen LogP contribution in [0.5, 0.6) is 0 Å². The van der Waals surface area contributed by atoms with Gasteiger partial charge >= 0.3 is 11.4 Å². The lowest BCUT2D eigenvalue weighted by Gasteiger charge is -2.06. The molecule has 3 aromatic heterocycles. The van der Waals surface area contributed by atoms with E-state index in [2.05, 4.69) is 10.3 Å². The molecule has 0 spiro atoms. The highest BCUT2D eigenvalue weighted by molar-refractivity contribution is 7.14. The Hall–Kier alpha value is -3.15. The van der Waals surface area contributed by atoms with Crippen LogP contribution in [0.2, 0.25) is 10.0 Å². The molecule has 13 heteroatoms. The minimum atomic E-state index is -0.662. The molecule has 0 aliphatic carbocycles. The van der Waals surface area contributed by atoms with E-state index in [1.807, 2.05) is 0 Å². The molecule has 0 fully saturated rings. The zero-order valence-corrected chi connectivity index (χ0v) is 19.4. The van der Waals surface area contributed by atoms with Gasteiger partial charge in [0.1, 0.15) is 6.54 Å². The molecule has 0 saturated heterocycles. The summed E-state index contributed by atoms with van der Waals surface area (Å²) >= 11 is 13.2. The molecule has 0 saturated carbocycles. The Morgan fingerprint density at radius 3 is 2.41 bits per heavy atom. The smallest absolute Gasteiger partial charge is 0.300 e. The van der Waals surface area contributed by atoms with Gasteiger partial charge in [0, 0.05) is 32.1 Å². The second kappa shape index (κ2) is 8.08. The number of rotatable bonds is 4. The van der Waals surface area contributed by atoms with Crippen molar-refractivity contribution in [1.29, 1.82) is 0 Å². The molecule has 0 bridgehead atoms. The molecular weight excluding hydrogens is 479 g/mol. The molecule has 0 aliphatic rings. The van der Waals surface area contributed by atoms with E-state index in [9.17, 15) is 19.2 Å². The molecule has 0 atom stereocenters. The summed E-state index contributed by atoms with van der Waals surface area (Å²) in [6, 6.07) is 5.07. The zero-order valence-electron chi connectivity index (χ0n) is 17.0. The topological polar surface area (TPSA) is 113 Å². The van der Waals surface area contributed by atoms with Gasteiger partial charge in [-0.3, -0.25) is 27.9 Å². The number of halogens is 2. The number of fused-ring (bicyclic) bond motifs is 1. The molecule has 0 aliphatic heterocycles. The standard InChI is InChI=1S/C19H16Cl2N6O4S/c1-24-15-14(16(29)26(3)18(24)30)27(19(31)25(15)2)7-13(28)23-17-22-12(8-32-17)9-4-5-10(20)11(21)6-9/h4-6,8H,7H2,1-3H3,(H,22,23,28). The number of amides is 1. The number of aryl methyl sites for hydroxylation is 2. The van der Waals surface area contributed by atoms with Gasteiger partial charge in [0.25, 0.3) is 5.56 Å². The third-order valence-corrected chi connectivity index (χ3v) is 6.48. The maximum absolute atomic E-state index is 12.7. The van der Waals surface area contributed by atoms with Gasteiger partial charge in [0.05, 0.1) is 15.7 Å².